The summed E-state index contributed by atoms with van der Waals surface area (Å²) in [6.07, 6.45) is 0.463. The van der Waals surface area contributed by atoms with Crippen LogP contribution in [0, 0.1) is 12.7 Å². The summed E-state index contributed by atoms with van der Waals surface area (Å²) < 4.78 is 20.1. The lowest BCUT2D eigenvalue weighted by Gasteiger charge is -2.07. The van der Waals surface area contributed by atoms with E-state index in [2.05, 4.69) is 5.10 Å². The molecule has 1 N–H and O–H groups in total. The molecule has 0 atom stereocenters. The zero-order valence-electron chi connectivity index (χ0n) is 10.4. The van der Waals surface area contributed by atoms with Gasteiger partial charge in [-0.2, -0.15) is 5.10 Å². The fourth-order valence-corrected chi connectivity index (χ4v) is 1.93. The molecule has 18 heavy (non-hydrogen) atoms. The molecule has 1 aromatic carbocycles. The van der Waals surface area contributed by atoms with Crippen LogP contribution in [0.3, 0.4) is 0 Å². The number of ether oxygens (including phenoxy) is 1. The Balaban J connectivity index is 2.54. The third-order valence-electron chi connectivity index (χ3n) is 2.75. The maximum atomic E-state index is 13.2. The molecule has 5 heteroatoms. The van der Waals surface area contributed by atoms with E-state index in [1.807, 2.05) is 6.92 Å². The Labute approximate surface area is 105 Å². The highest BCUT2D eigenvalue weighted by Gasteiger charge is 2.16. The molecule has 1 heterocycles. The van der Waals surface area contributed by atoms with Crippen molar-refractivity contribution in [3.05, 3.63) is 41.3 Å². The highest BCUT2D eigenvalue weighted by atomic mass is 19.1. The van der Waals surface area contributed by atoms with Crippen molar-refractivity contribution in [3.8, 4) is 11.6 Å². The molecule has 0 aliphatic carbocycles. The first-order chi connectivity index (χ1) is 8.67. The molecule has 2 rings (SSSR count). The first kappa shape index (κ1) is 12.6. The largest absolute Gasteiger partial charge is 0.481 e. The third-order valence-corrected chi connectivity index (χ3v) is 2.75. The predicted molar refractivity (Wildman–Crippen MR) is 65.6 cm³/mol. The second-order valence-electron chi connectivity index (χ2n) is 3.94. The van der Waals surface area contributed by atoms with Gasteiger partial charge in [-0.05, 0) is 25.1 Å². The molecule has 0 radical (unpaired) electrons. The van der Waals surface area contributed by atoms with Gasteiger partial charge in [0.2, 0.25) is 5.88 Å². The molecule has 0 saturated heterocycles. The van der Waals surface area contributed by atoms with Gasteiger partial charge in [-0.25, -0.2) is 9.07 Å². The molecular weight excluding hydrogens is 235 g/mol. The van der Waals surface area contributed by atoms with Gasteiger partial charge in [-0.15, -0.1) is 0 Å². The summed E-state index contributed by atoms with van der Waals surface area (Å²) in [5.74, 6) is 0.207. The second-order valence-corrected chi connectivity index (χ2v) is 3.94. The van der Waals surface area contributed by atoms with E-state index in [9.17, 15) is 4.39 Å². The van der Waals surface area contributed by atoms with E-state index in [0.717, 1.165) is 11.3 Å². The summed E-state index contributed by atoms with van der Waals surface area (Å²) in [7, 11) is 1.53. The van der Waals surface area contributed by atoms with Crippen molar-refractivity contribution in [3.63, 3.8) is 0 Å². The standard InChI is InChI=1S/C13H15FN2O2/c1-9-12(6-7-17)13(18-2)16(15-9)11-5-3-4-10(14)8-11/h3-5,8,17H,6-7H2,1-2H3. The topological polar surface area (TPSA) is 47.3 Å². The van der Waals surface area contributed by atoms with Gasteiger partial charge in [-0.3, -0.25) is 0 Å². The van der Waals surface area contributed by atoms with E-state index in [1.165, 1.54) is 19.2 Å². The van der Waals surface area contributed by atoms with Gasteiger partial charge in [-0.1, -0.05) is 6.07 Å². The lowest BCUT2D eigenvalue weighted by Crippen LogP contribution is -2.01. The van der Waals surface area contributed by atoms with Crippen LogP contribution in [0.1, 0.15) is 11.3 Å². The van der Waals surface area contributed by atoms with Crippen LogP contribution in [0.5, 0.6) is 5.88 Å². The maximum absolute atomic E-state index is 13.2. The minimum Gasteiger partial charge on any atom is -0.481 e. The second kappa shape index (κ2) is 5.18. The summed E-state index contributed by atoms with van der Waals surface area (Å²) in [4.78, 5) is 0. The van der Waals surface area contributed by atoms with Gasteiger partial charge >= 0.3 is 0 Å². The number of aliphatic hydroxyl groups excluding tert-OH is 1. The van der Waals surface area contributed by atoms with E-state index < -0.39 is 0 Å². The van der Waals surface area contributed by atoms with Crippen LogP contribution in [-0.4, -0.2) is 28.6 Å². The van der Waals surface area contributed by atoms with Crippen molar-refractivity contribution in [2.75, 3.05) is 13.7 Å². The van der Waals surface area contributed by atoms with Crippen LogP contribution >= 0.6 is 0 Å². The van der Waals surface area contributed by atoms with Crippen LogP contribution in [0.4, 0.5) is 4.39 Å². The molecule has 4 nitrogen and oxygen atoms in total. The lowest BCUT2D eigenvalue weighted by molar-refractivity contribution is 0.295. The van der Waals surface area contributed by atoms with Gasteiger partial charge in [0.05, 0.1) is 18.5 Å². The maximum Gasteiger partial charge on any atom is 0.220 e. The number of methoxy groups -OCH3 is 1. The summed E-state index contributed by atoms with van der Waals surface area (Å²) in [6, 6.07) is 6.13. The molecule has 0 aliphatic heterocycles. The first-order valence-electron chi connectivity index (χ1n) is 5.66. The number of nitrogens with zero attached hydrogens (tertiary/aromatic N) is 2. The average Bonchev–Trinajstić information content (AvgIpc) is 2.67. The number of aromatic nitrogens is 2. The summed E-state index contributed by atoms with van der Waals surface area (Å²) >= 11 is 0. The number of rotatable bonds is 4. The fraction of sp³-hybridized carbons (Fsp3) is 0.308. The Morgan fingerprint density at radius 3 is 2.83 bits per heavy atom. The van der Waals surface area contributed by atoms with E-state index >= 15 is 0 Å². The first-order valence-corrected chi connectivity index (χ1v) is 5.66. The van der Waals surface area contributed by atoms with Gasteiger partial charge in [0.15, 0.2) is 0 Å². The number of aliphatic hydroxyl groups is 1. The van der Waals surface area contributed by atoms with Crippen molar-refractivity contribution in [2.45, 2.75) is 13.3 Å². The smallest absolute Gasteiger partial charge is 0.220 e. The molecule has 0 fully saturated rings. The van der Waals surface area contributed by atoms with E-state index in [4.69, 9.17) is 9.84 Å². The quantitative estimate of drug-likeness (QED) is 0.901. The molecule has 0 saturated carbocycles. The number of aryl methyl sites for hydroxylation is 1. The molecule has 0 aliphatic rings. The lowest BCUT2D eigenvalue weighted by atomic mass is 10.2. The molecule has 96 valence electrons. The summed E-state index contributed by atoms with van der Waals surface area (Å²) in [5, 5.41) is 13.4. The highest BCUT2D eigenvalue weighted by Crippen LogP contribution is 2.26. The average molecular weight is 250 g/mol. The van der Waals surface area contributed by atoms with Gasteiger partial charge in [0.25, 0.3) is 0 Å². The van der Waals surface area contributed by atoms with Crippen LogP contribution in [-0.2, 0) is 6.42 Å². The van der Waals surface area contributed by atoms with Crippen LogP contribution < -0.4 is 4.74 Å². The Kier molecular flexibility index (Phi) is 3.62. The molecule has 0 unspecified atom stereocenters. The Morgan fingerprint density at radius 1 is 1.44 bits per heavy atom. The third kappa shape index (κ3) is 2.22. The van der Waals surface area contributed by atoms with E-state index in [1.54, 1.807) is 16.8 Å². The number of hydrogen-bond donors (Lipinski definition) is 1. The van der Waals surface area contributed by atoms with Crippen molar-refractivity contribution in [1.82, 2.24) is 9.78 Å². The zero-order chi connectivity index (χ0) is 13.1. The fourth-order valence-electron chi connectivity index (χ4n) is 1.93. The van der Waals surface area contributed by atoms with Crippen LogP contribution in [0.25, 0.3) is 5.69 Å². The highest BCUT2D eigenvalue weighted by molar-refractivity contribution is 5.41. The Hall–Kier alpha value is -1.88. The SMILES string of the molecule is COc1c(CCO)c(C)nn1-c1cccc(F)c1. The van der Waals surface area contributed by atoms with Crippen molar-refractivity contribution in [1.29, 1.82) is 0 Å². The van der Waals surface area contributed by atoms with Crippen molar-refractivity contribution >= 4 is 0 Å². The number of halogens is 1. The predicted octanol–water partition coefficient (Wildman–Crippen LogP) is 1.86. The molecule has 0 spiro atoms. The molecule has 1 aromatic heterocycles. The Bertz CT molecular complexity index is 552. The minimum absolute atomic E-state index is 0.0199. The van der Waals surface area contributed by atoms with Gasteiger partial charge < -0.3 is 9.84 Å². The van der Waals surface area contributed by atoms with Crippen molar-refractivity contribution in [2.24, 2.45) is 0 Å². The van der Waals surface area contributed by atoms with Crippen molar-refractivity contribution < 1.29 is 14.2 Å². The number of hydrogen-bond acceptors (Lipinski definition) is 3. The molecular formula is C13H15FN2O2. The van der Waals surface area contributed by atoms with Crippen LogP contribution in [0.2, 0.25) is 0 Å². The summed E-state index contributed by atoms with van der Waals surface area (Å²) in [5.41, 5.74) is 2.20. The number of benzene rings is 1. The normalized spacial score (nSPS) is 10.7. The van der Waals surface area contributed by atoms with E-state index in [-0.39, 0.29) is 12.4 Å². The zero-order valence-corrected chi connectivity index (χ0v) is 10.4. The van der Waals surface area contributed by atoms with E-state index in [0.29, 0.717) is 18.0 Å². The molecule has 2 aromatic rings. The molecule has 0 amide bonds. The molecule has 0 bridgehead atoms. The van der Waals surface area contributed by atoms with Gasteiger partial charge in [0, 0.05) is 18.6 Å². The summed E-state index contributed by atoms with van der Waals surface area (Å²) in [6.45, 7) is 1.86. The van der Waals surface area contributed by atoms with Crippen LogP contribution in [0.15, 0.2) is 24.3 Å². The Morgan fingerprint density at radius 2 is 2.22 bits per heavy atom. The minimum atomic E-state index is -0.327. The van der Waals surface area contributed by atoms with Gasteiger partial charge in [0.1, 0.15) is 5.82 Å². The monoisotopic (exact) mass is 250 g/mol.